The first-order valence-corrected chi connectivity index (χ1v) is 6.97. The molecular weight excluding hydrogens is 474 g/mol. The molecule has 0 rings (SSSR count). The summed E-state index contributed by atoms with van der Waals surface area (Å²) >= 11 is 0. The van der Waals surface area contributed by atoms with Gasteiger partial charge in [0, 0.05) is 35.6 Å². The van der Waals surface area contributed by atoms with Crippen molar-refractivity contribution >= 4 is 34.7 Å². The number of hydrogen-bond donors (Lipinski definition) is 3. The molecule has 0 aromatic heterocycles. The smallest absolute Gasteiger partial charge is 0.448 e. The molecule has 177 valence electrons. The van der Waals surface area contributed by atoms with Gasteiger partial charge >= 0.3 is 18.5 Å². The Kier molecular flexibility index (Phi) is 16.8. The standard InChI is InChI=1S/3C5H5F3O2.Al/c3*1-3(9)2-4(10)5(6,7)8;/h3*2,10H,1H3;/b3*4-2-;. The van der Waals surface area contributed by atoms with Gasteiger partial charge in [-0.05, 0) is 20.8 Å². The van der Waals surface area contributed by atoms with Crippen LogP contribution in [0.25, 0.3) is 0 Å². The van der Waals surface area contributed by atoms with E-state index in [1.165, 1.54) is 0 Å². The van der Waals surface area contributed by atoms with Crippen molar-refractivity contribution < 1.29 is 69.2 Å². The molecule has 0 amide bonds. The molecule has 0 aliphatic carbocycles. The number of carbonyl (C=O) groups is 3. The number of ketones is 3. The van der Waals surface area contributed by atoms with Gasteiger partial charge in [0.1, 0.15) is 0 Å². The molecule has 0 aliphatic rings. The van der Waals surface area contributed by atoms with Gasteiger partial charge in [0.25, 0.3) is 0 Å². The van der Waals surface area contributed by atoms with E-state index in [-0.39, 0.29) is 35.6 Å². The van der Waals surface area contributed by atoms with Gasteiger partial charge in [-0.15, -0.1) is 0 Å². The second-order valence-electron chi connectivity index (χ2n) is 4.91. The first-order valence-electron chi connectivity index (χ1n) is 6.97. The second-order valence-corrected chi connectivity index (χ2v) is 4.91. The molecule has 0 aromatic rings. The molecular formula is C15H15AlF9O6. The van der Waals surface area contributed by atoms with Crippen LogP contribution < -0.4 is 0 Å². The van der Waals surface area contributed by atoms with E-state index in [4.69, 9.17) is 15.3 Å². The van der Waals surface area contributed by atoms with Crippen LogP contribution in [0.1, 0.15) is 20.8 Å². The molecule has 0 aromatic carbocycles. The molecule has 16 heteroatoms. The van der Waals surface area contributed by atoms with E-state index >= 15 is 0 Å². The van der Waals surface area contributed by atoms with Crippen LogP contribution in [0.15, 0.2) is 35.5 Å². The molecule has 0 bridgehead atoms. The highest BCUT2D eigenvalue weighted by atomic mass is 27.0. The minimum Gasteiger partial charge on any atom is -0.504 e. The van der Waals surface area contributed by atoms with Crippen molar-refractivity contribution in [3.8, 4) is 0 Å². The Balaban J connectivity index is -0.000000174. The lowest BCUT2D eigenvalue weighted by atomic mass is 10.3. The van der Waals surface area contributed by atoms with Crippen LogP contribution in [0, 0.1) is 0 Å². The van der Waals surface area contributed by atoms with Crippen molar-refractivity contribution in [3.05, 3.63) is 35.5 Å². The summed E-state index contributed by atoms with van der Waals surface area (Å²) in [4.78, 5) is 29.9. The van der Waals surface area contributed by atoms with Crippen molar-refractivity contribution in [1.82, 2.24) is 0 Å². The molecule has 0 atom stereocenters. The van der Waals surface area contributed by atoms with Crippen molar-refractivity contribution in [2.45, 2.75) is 39.3 Å². The zero-order chi connectivity index (χ0) is 25.1. The Morgan fingerprint density at radius 1 is 0.516 bits per heavy atom. The van der Waals surface area contributed by atoms with E-state index < -0.39 is 53.2 Å². The number of alkyl halides is 9. The number of allylic oxidation sites excluding steroid dienone is 6. The van der Waals surface area contributed by atoms with E-state index in [9.17, 15) is 53.9 Å². The fourth-order valence-electron chi connectivity index (χ4n) is 0.823. The number of aliphatic hydroxyl groups excluding tert-OH is 3. The highest BCUT2D eigenvalue weighted by Crippen LogP contribution is 2.23. The zero-order valence-corrected chi connectivity index (χ0v) is 16.9. The topological polar surface area (TPSA) is 112 Å². The lowest BCUT2D eigenvalue weighted by Crippen LogP contribution is -2.12. The highest BCUT2D eigenvalue weighted by Gasteiger charge is 2.35. The van der Waals surface area contributed by atoms with Gasteiger partial charge < -0.3 is 15.3 Å². The van der Waals surface area contributed by atoms with Gasteiger partial charge in [0.15, 0.2) is 17.3 Å². The maximum absolute atomic E-state index is 11.3. The van der Waals surface area contributed by atoms with Gasteiger partial charge in [0.2, 0.25) is 17.3 Å². The largest absolute Gasteiger partial charge is 0.504 e. The molecule has 0 spiro atoms. The van der Waals surface area contributed by atoms with Crippen LogP contribution in [0.3, 0.4) is 0 Å². The Labute approximate surface area is 179 Å². The minimum atomic E-state index is -4.81. The molecule has 3 radical (unpaired) electrons. The highest BCUT2D eigenvalue weighted by molar-refractivity contribution is 5.88. The van der Waals surface area contributed by atoms with Crippen molar-refractivity contribution in [2.24, 2.45) is 0 Å². The van der Waals surface area contributed by atoms with E-state index in [0.29, 0.717) is 0 Å². The molecule has 31 heavy (non-hydrogen) atoms. The molecule has 3 N–H and O–H groups in total. The molecule has 6 nitrogen and oxygen atoms in total. The molecule has 0 heterocycles. The zero-order valence-electron chi connectivity index (χ0n) is 15.8. The van der Waals surface area contributed by atoms with Gasteiger partial charge in [0.05, 0.1) is 0 Å². The van der Waals surface area contributed by atoms with Crippen molar-refractivity contribution in [2.75, 3.05) is 0 Å². The molecule has 0 unspecified atom stereocenters. The van der Waals surface area contributed by atoms with Gasteiger partial charge in [-0.2, -0.15) is 39.5 Å². The fraction of sp³-hybridized carbons (Fsp3) is 0.400. The number of rotatable bonds is 3. The third kappa shape index (κ3) is 23.7. The SMILES string of the molecule is CC(=O)/C=C(\O)C(F)(F)F.CC(=O)/C=C(\O)C(F)(F)F.CC(=O)/C=C(\O)C(F)(F)F.[Al]. The third-order valence-corrected chi connectivity index (χ3v) is 1.89. The van der Waals surface area contributed by atoms with E-state index in [1.54, 1.807) is 0 Å². The first kappa shape index (κ1) is 35.9. The summed E-state index contributed by atoms with van der Waals surface area (Å²) in [5.74, 6) is -8.10. The summed E-state index contributed by atoms with van der Waals surface area (Å²) in [5, 5.41) is 24.2. The van der Waals surface area contributed by atoms with Crippen LogP contribution in [0.5, 0.6) is 0 Å². The number of halogens is 9. The van der Waals surface area contributed by atoms with Crippen molar-refractivity contribution in [3.63, 3.8) is 0 Å². The minimum absolute atomic E-state index is 0. The van der Waals surface area contributed by atoms with Crippen LogP contribution in [0.2, 0.25) is 0 Å². The van der Waals surface area contributed by atoms with E-state index in [1.807, 2.05) is 0 Å². The second kappa shape index (κ2) is 14.5. The predicted octanol–water partition coefficient (Wildman–Crippen LogP) is 4.36. The van der Waals surface area contributed by atoms with Crippen LogP contribution >= 0.6 is 0 Å². The van der Waals surface area contributed by atoms with Crippen LogP contribution in [-0.4, -0.2) is 68.6 Å². The summed E-state index contributed by atoms with van der Waals surface area (Å²) in [7, 11) is 0. The predicted molar refractivity (Wildman–Crippen MR) is 88.1 cm³/mol. The first-order chi connectivity index (χ1) is 13.0. The van der Waals surface area contributed by atoms with Gasteiger partial charge in [-0.25, -0.2) is 0 Å². The van der Waals surface area contributed by atoms with Crippen molar-refractivity contribution in [1.29, 1.82) is 0 Å². The molecule has 0 aliphatic heterocycles. The summed E-state index contributed by atoms with van der Waals surface area (Å²) < 4.78 is 102. The van der Waals surface area contributed by atoms with E-state index in [2.05, 4.69) is 0 Å². The Bertz CT molecular complexity index is 606. The Hall–Kier alpha value is -2.47. The monoisotopic (exact) mass is 489 g/mol. The summed E-state index contributed by atoms with van der Waals surface area (Å²) in [6.45, 7) is 2.76. The quantitative estimate of drug-likeness (QED) is 0.235. The average Bonchev–Trinajstić information content (AvgIpc) is 2.43. The normalized spacial score (nSPS) is 13.0. The summed E-state index contributed by atoms with van der Waals surface area (Å²) in [6.07, 6.45) is -14.1. The lowest BCUT2D eigenvalue weighted by molar-refractivity contribution is -0.124. The average molecular weight is 489 g/mol. The molecule has 0 fully saturated rings. The maximum atomic E-state index is 11.3. The third-order valence-electron chi connectivity index (χ3n) is 1.89. The lowest BCUT2D eigenvalue weighted by Gasteiger charge is -2.02. The van der Waals surface area contributed by atoms with Gasteiger partial charge in [-0.3, -0.25) is 14.4 Å². The Morgan fingerprint density at radius 2 is 0.645 bits per heavy atom. The number of carbonyl (C=O) groups excluding carboxylic acids is 3. The number of aliphatic hydroxyl groups is 3. The summed E-state index contributed by atoms with van der Waals surface area (Å²) in [6, 6.07) is 0. The molecule has 0 saturated heterocycles. The van der Waals surface area contributed by atoms with Crippen LogP contribution in [-0.2, 0) is 14.4 Å². The number of hydrogen-bond acceptors (Lipinski definition) is 6. The summed E-state index contributed by atoms with van der Waals surface area (Å²) in [5.41, 5.74) is 0. The Morgan fingerprint density at radius 3 is 0.677 bits per heavy atom. The van der Waals surface area contributed by atoms with E-state index in [0.717, 1.165) is 20.8 Å². The fourth-order valence-corrected chi connectivity index (χ4v) is 0.823. The van der Waals surface area contributed by atoms with Gasteiger partial charge in [-0.1, -0.05) is 0 Å². The van der Waals surface area contributed by atoms with Crippen LogP contribution in [0.4, 0.5) is 39.5 Å². The molecule has 0 saturated carbocycles. The maximum Gasteiger partial charge on any atom is 0.448 e.